The molecular weight excluding hydrogens is 388 g/mol. The van der Waals surface area contributed by atoms with Crippen molar-refractivity contribution in [2.24, 2.45) is 5.92 Å². The number of thioether (sulfide) groups is 1. The van der Waals surface area contributed by atoms with E-state index in [-0.39, 0.29) is 29.5 Å². The van der Waals surface area contributed by atoms with Crippen LogP contribution < -0.4 is 0 Å². The average Bonchev–Trinajstić information content (AvgIpc) is 2.76. The zero-order valence-electron chi connectivity index (χ0n) is 16.8. The number of ether oxygens (including phenoxy) is 4. The topological polar surface area (TPSA) is 54.0 Å². The van der Waals surface area contributed by atoms with E-state index in [0.717, 1.165) is 5.56 Å². The second-order valence-corrected chi connectivity index (χ2v) is 8.49. The summed E-state index contributed by atoms with van der Waals surface area (Å²) in [6, 6.07) is 17.1. The van der Waals surface area contributed by atoms with Crippen LogP contribution in [-0.2, 0) is 18.9 Å². The maximum absolute atomic E-state index is 12.8. The molecule has 0 amide bonds. The van der Waals surface area contributed by atoms with Gasteiger partial charge in [0, 0.05) is 11.5 Å². The van der Waals surface area contributed by atoms with Crippen LogP contribution in [0.3, 0.4) is 0 Å². The molecule has 0 aliphatic carbocycles. The van der Waals surface area contributed by atoms with Crippen LogP contribution >= 0.6 is 11.8 Å². The number of carbonyl (C=O) groups excluding carboxylic acids is 1. The molecule has 29 heavy (non-hydrogen) atoms. The fraction of sp³-hybridized carbons (Fsp3) is 0.435. The van der Waals surface area contributed by atoms with E-state index in [1.807, 2.05) is 62.6 Å². The van der Waals surface area contributed by atoms with Gasteiger partial charge in [-0.05, 0) is 25.3 Å². The molecule has 2 fully saturated rings. The lowest BCUT2D eigenvalue weighted by molar-refractivity contribution is -0.310. The number of fused-ring (bicyclic) bond motifs is 1. The van der Waals surface area contributed by atoms with Crippen LogP contribution in [-0.4, -0.2) is 42.6 Å². The van der Waals surface area contributed by atoms with Gasteiger partial charge in [0.15, 0.2) is 6.29 Å². The summed E-state index contributed by atoms with van der Waals surface area (Å²) in [6.45, 7) is 4.48. The van der Waals surface area contributed by atoms with Crippen LogP contribution in [0, 0.1) is 12.8 Å². The molecule has 2 aromatic carbocycles. The van der Waals surface area contributed by atoms with Crippen molar-refractivity contribution in [1.82, 2.24) is 0 Å². The fourth-order valence-electron chi connectivity index (χ4n) is 3.81. The quantitative estimate of drug-likeness (QED) is 0.693. The Bertz CT molecular complexity index is 825. The Balaban J connectivity index is 1.56. The first-order chi connectivity index (χ1) is 14.1. The predicted octanol–water partition coefficient (Wildman–Crippen LogP) is 4.36. The number of hydrogen-bond acceptors (Lipinski definition) is 6. The molecule has 4 rings (SSSR count). The molecule has 0 spiro atoms. The lowest BCUT2D eigenvalue weighted by Crippen LogP contribution is -2.59. The van der Waals surface area contributed by atoms with Gasteiger partial charge in [0.05, 0.1) is 12.2 Å². The zero-order chi connectivity index (χ0) is 20.4. The molecule has 2 aromatic rings. The molecule has 154 valence electrons. The SMILES string of the molecule is CS[C@@H]1OC2COC(c3ccc(C)cc3)O[C@H]2[C@H](OC(=O)c2ccccc2)C1C. The summed E-state index contributed by atoms with van der Waals surface area (Å²) < 4.78 is 24.4. The largest absolute Gasteiger partial charge is 0.455 e. The molecule has 6 heteroatoms. The average molecular weight is 415 g/mol. The number of benzene rings is 2. The first-order valence-electron chi connectivity index (χ1n) is 9.84. The van der Waals surface area contributed by atoms with Gasteiger partial charge in [-0.1, -0.05) is 55.0 Å². The maximum atomic E-state index is 12.8. The van der Waals surface area contributed by atoms with Gasteiger partial charge in [0.2, 0.25) is 0 Å². The minimum atomic E-state index is -0.503. The lowest BCUT2D eigenvalue weighted by atomic mass is 9.92. The van der Waals surface area contributed by atoms with Crippen LogP contribution in [0.25, 0.3) is 0 Å². The van der Waals surface area contributed by atoms with Gasteiger partial charge in [-0.25, -0.2) is 4.79 Å². The van der Waals surface area contributed by atoms with E-state index < -0.39 is 12.4 Å². The molecule has 0 radical (unpaired) electrons. The molecule has 3 unspecified atom stereocenters. The van der Waals surface area contributed by atoms with E-state index >= 15 is 0 Å². The zero-order valence-corrected chi connectivity index (χ0v) is 17.6. The first kappa shape index (κ1) is 20.4. The standard InChI is InChI=1S/C23H26O5S/c1-14-9-11-17(12-10-14)22-25-13-18-20(28-22)19(15(2)23(26-18)29-3)27-21(24)16-7-5-4-6-8-16/h4-12,15,18-20,22-23H,13H2,1-3H3/t15?,18?,19-,20-,22?,23+/m1/s1. The molecular formula is C23H26O5S. The van der Waals surface area contributed by atoms with E-state index in [2.05, 4.69) is 0 Å². The number of hydrogen-bond donors (Lipinski definition) is 0. The highest BCUT2D eigenvalue weighted by Gasteiger charge is 2.50. The van der Waals surface area contributed by atoms with E-state index in [9.17, 15) is 4.79 Å². The summed E-state index contributed by atoms with van der Waals surface area (Å²) in [5.74, 6) is -0.361. The van der Waals surface area contributed by atoms with Gasteiger partial charge in [0.1, 0.15) is 23.7 Å². The van der Waals surface area contributed by atoms with Crippen LogP contribution in [0.2, 0.25) is 0 Å². The molecule has 0 aromatic heterocycles. The Labute approximate surface area is 175 Å². The van der Waals surface area contributed by atoms with Crippen molar-refractivity contribution in [1.29, 1.82) is 0 Å². The van der Waals surface area contributed by atoms with E-state index in [0.29, 0.717) is 12.2 Å². The molecule has 2 heterocycles. The van der Waals surface area contributed by atoms with Crippen molar-refractivity contribution >= 4 is 17.7 Å². The number of aryl methyl sites for hydroxylation is 1. The van der Waals surface area contributed by atoms with Crippen molar-refractivity contribution in [3.05, 3.63) is 71.3 Å². The minimum Gasteiger partial charge on any atom is -0.455 e. The summed E-state index contributed by atoms with van der Waals surface area (Å²) in [7, 11) is 0. The molecule has 2 saturated heterocycles. The van der Waals surface area contributed by atoms with Gasteiger partial charge < -0.3 is 18.9 Å². The molecule has 2 aliphatic heterocycles. The highest BCUT2D eigenvalue weighted by Crippen LogP contribution is 2.40. The highest BCUT2D eigenvalue weighted by atomic mass is 32.2. The summed E-state index contributed by atoms with van der Waals surface area (Å²) in [5, 5.41) is 0. The van der Waals surface area contributed by atoms with Crippen LogP contribution in [0.4, 0.5) is 0 Å². The third-order valence-corrected chi connectivity index (χ3v) is 6.48. The molecule has 2 aliphatic rings. The smallest absolute Gasteiger partial charge is 0.338 e. The second-order valence-electron chi connectivity index (χ2n) is 7.55. The normalized spacial score (nSPS) is 31.7. The Hall–Kier alpha value is -1.86. The van der Waals surface area contributed by atoms with Crippen LogP contribution in [0.15, 0.2) is 54.6 Å². The van der Waals surface area contributed by atoms with E-state index in [1.54, 1.807) is 23.9 Å². The van der Waals surface area contributed by atoms with Gasteiger partial charge in [-0.2, -0.15) is 0 Å². The van der Waals surface area contributed by atoms with Crippen molar-refractivity contribution in [2.75, 3.05) is 12.9 Å². The van der Waals surface area contributed by atoms with Gasteiger partial charge in [0.25, 0.3) is 0 Å². The second kappa shape index (κ2) is 8.88. The summed E-state index contributed by atoms with van der Waals surface area (Å²) in [5.41, 5.74) is 2.56. The molecule has 5 nitrogen and oxygen atoms in total. The van der Waals surface area contributed by atoms with Crippen LogP contribution in [0.1, 0.15) is 34.7 Å². The third kappa shape index (κ3) is 4.36. The Kier molecular flexibility index (Phi) is 6.25. The summed E-state index contributed by atoms with van der Waals surface area (Å²) in [6.07, 6.45) is 0.407. The Morgan fingerprint density at radius 3 is 2.48 bits per heavy atom. The van der Waals surface area contributed by atoms with E-state index in [1.165, 1.54) is 5.56 Å². The fourth-order valence-corrected chi connectivity index (χ4v) is 4.65. The molecule has 6 atom stereocenters. The molecule has 0 N–H and O–H groups in total. The Morgan fingerprint density at radius 2 is 1.79 bits per heavy atom. The number of esters is 1. The summed E-state index contributed by atoms with van der Waals surface area (Å²) >= 11 is 1.61. The molecule has 0 saturated carbocycles. The van der Waals surface area contributed by atoms with Crippen molar-refractivity contribution in [3.8, 4) is 0 Å². The summed E-state index contributed by atoms with van der Waals surface area (Å²) in [4.78, 5) is 12.8. The highest BCUT2D eigenvalue weighted by molar-refractivity contribution is 7.99. The first-order valence-corrected chi connectivity index (χ1v) is 11.1. The molecule has 0 bridgehead atoms. The van der Waals surface area contributed by atoms with Crippen molar-refractivity contribution in [2.45, 2.75) is 43.9 Å². The van der Waals surface area contributed by atoms with Crippen molar-refractivity contribution < 1.29 is 23.7 Å². The predicted molar refractivity (Wildman–Crippen MR) is 112 cm³/mol. The maximum Gasteiger partial charge on any atom is 0.338 e. The van der Waals surface area contributed by atoms with Gasteiger partial charge >= 0.3 is 5.97 Å². The monoisotopic (exact) mass is 414 g/mol. The van der Waals surface area contributed by atoms with Crippen LogP contribution in [0.5, 0.6) is 0 Å². The minimum absolute atomic E-state index is 0.0179. The van der Waals surface area contributed by atoms with Gasteiger partial charge in [-0.3, -0.25) is 0 Å². The van der Waals surface area contributed by atoms with Gasteiger partial charge in [-0.15, -0.1) is 11.8 Å². The number of carbonyl (C=O) groups is 1. The number of rotatable bonds is 4. The Morgan fingerprint density at radius 1 is 1.07 bits per heavy atom. The van der Waals surface area contributed by atoms with E-state index in [4.69, 9.17) is 18.9 Å². The third-order valence-electron chi connectivity index (χ3n) is 5.47. The lowest BCUT2D eigenvalue weighted by Gasteiger charge is -2.48. The van der Waals surface area contributed by atoms with Crippen molar-refractivity contribution in [3.63, 3.8) is 0 Å².